The van der Waals surface area contributed by atoms with Gasteiger partial charge >= 0.3 is 0 Å². The normalized spacial score (nSPS) is 15.9. The molecule has 1 atom stereocenters. The number of sulfonamides is 1. The molecule has 0 aromatic heterocycles. The molecule has 1 aliphatic rings. The number of nitrogens with zero attached hydrogens (tertiary/aromatic N) is 1. The predicted octanol–water partition coefficient (Wildman–Crippen LogP) is 5.43. The lowest BCUT2D eigenvalue weighted by atomic mass is 9.84. The summed E-state index contributed by atoms with van der Waals surface area (Å²) in [5.74, 6) is 0.615. The first-order chi connectivity index (χ1) is 15.2. The molecule has 1 aliphatic heterocycles. The van der Waals surface area contributed by atoms with Crippen LogP contribution in [0, 0.1) is 0 Å². The van der Waals surface area contributed by atoms with Crippen LogP contribution >= 0.6 is 0 Å². The molecule has 168 valence electrons. The molecule has 1 heterocycles. The molecule has 0 radical (unpaired) electrons. The number of anilines is 2. The van der Waals surface area contributed by atoms with Crippen molar-refractivity contribution in [3.63, 3.8) is 0 Å². The van der Waals surface area contributed by atoms with Crippen LogP contribution in [0.2, 0.25) is 0 Å². The lowest BCUT2D eigenvalue weighted by Gasteiger charge is -2.28. The molecular weight excluding hydrogens is 422 g/mol. The van der Waals surface area contributed by atoms with Gasteiger partial charge in [-0.25, -0.2) is 12.7 Å². The molecule has 6 heteroatoms. The largest absolute Gasteiger partial charge is 0.491 e. The topological polar surface area (TPSA) is 59.1 Å². The molecule has 4 rings (SSSR count). The van der Waals surface area contributed by atoms with E-state index in [9.17, 15) is 8.42 Å². The van der Waals surface area contributed by atoms with Gasteiger partial charge in [0, 0.05) is 0 Å². The summed E-state index contributed by atoms with van der Waals surface area (Å²) in [6.45, 7) is 7.49. The lowest BCUT2D eigenvalue weighted by molar-refractivity contribution is 0.262. The summed E-state index contributed by atoms with van der Waals surface area (Å²) in [5, 5.41) is 0. The number of benzene rings is 3. The van der Waals surface area contributed by atoms with Gasteiger partial charge in [-0.05, 0) is 52.9 Å². The quantitative estimate of drug-likeness (QED) is 0.429. The van der Waals surface area contributed by atoms with Crippen molar-refractivity contribution in [3.8, 4) is 5.75 Å². The van der Waals surface area contributed by atoms with Crippen LogP contribution in [0.5, 0.6) is 5.75 Å². The first-order valence-electron chi connectivity index (χ1n) is 10.7. The van der Waals surface area contributed by atoms with E-state index >= 15 is 0 Å². The van der Waals surface area contributed by atoms with E-state index in [4.69, 9.17) is 9.47 Å². The zero-order valence-corrected chi connectivity index (χ0v) is 19.5. The van der Waals surface area contributed by atoms with Crippen molar-refractivity contribution in [3.05, 3.63) is 90.0 Å². The smallest absolute Gasteiger partial charge is 0.243 e. The fourth-order valence-corrected chi connectivity index (χ4v) is 5.34. The molecule has 0 N–H and O–H groups in total. The van der Waals surface area contributed by atoms with Gasteiger partial charge in [0.15, 0.2) is 0 Å². The minimum absolute atomic E-state index is 0.116. The number of hydrogen-bond acceptors (Lipinski definition) is 4. The van der Waals surface area contributed by atoms with Crippen LogP contribution in [0.25, 0.3) is 0 Å². The Morgan fingerprint density at radius 1 is 0.938 bits per heavy atom. The van der Waals surface area contributed by atoms with E-state index in [0.717, 1.165) is 23.5 Å². The first kappa shape index (κ1) is 22.4. The summed E-state index contributed by atoms with van der Waals surface area (Å²) in [5.41, 5.74) is 2.70. The Morgan fingerprint density at radius 3 is 2.00 bits per heavy atom. The number of ether oxygens (including phenoxy) is 2. The molecule has 1 fully saturated rings. The van der Waals surface area contributed by atoms with Crippen molar-refractivity contribution in [1.29, 1.82) is 0 Å². The van der Waals surface area contributed by atoms with Crippen molar-refractivity contribution in [2.45, 2.75) is 38.0 Å². The number of epoxide rings is 1. The fourth-order valence-electron chi connectivity index (χ4n) is 3.68. The van der Waals surface area contributed by atoms with Crippen LogP contribution in [0.15, 0.2) is 78.9 Å². The van der Waals surface area contributed by atoms with Crippen molar-refractivity contribution in [2.24, 2.45) is 0 Å². The van der Waals surface area contributed by atoms with Gasteiger partial charge in [0.05, 0.1) is 23.7 Å². The zero-order valence-electron chi connectivity index (χ0n) is 18.7. The molecule has 3 aromatic rings. The Bertz CT molecular complexity index is 1110. The number of rotatable bonds is 8. The molecule has 0 spiro atoms. The Kier molecular flexibility index (Phi) is 6.26. The van der Waals surface area contributed by atoms with Gasteiger partial charge < -0.3 is 9.47 Å². The molecule has 32 heavy (non-hydrogen) atoms. The Labute approximate surface area is 190 Å². The third-order valence-corrected chi connectivity index (χ3v) is 6.98. The van der Waals surface area contributed by atoms with E-state index in [1.54, 1.807) is 0 Å². The standard InChI is InChI=1S/C26H29NO4S/c1-26(2,3)25-16-23(30-17-24-18-31-24)15-14-20(25)19-32(28,29)27(21-10-6-4-7-11-21)22-12-8-5-9-13-22/h4-16,24H,17-19H2,1-3H3. The van der Waals surface area contributed by atoms with Gasteiger partial charge in [0.25, 0.3) is 0 Å². The Balaban J connectivity index is 1.70. The van der Waals surface area contributed by atoms with Crippen LogP contribution < -0.4 is 9.04 Å². The highest BCUT2D eigenvalue weighted by Crippen LogP contribution is 2.34. The van der Waals surface area contributed by atoms with Gasteiger partial charge in [0.1, 0.15) is 18.5 Å². The number of para-hydroxylation sites is 2. The molecule has 1 unspecified atom stereocenters. The van der Waals surface area contributed by atoms with Crippen molar-refractivity contribution in [1.82, 2.24) is 0 Å². The van der Waals surface area contributed by atoms with Crippen LogP contribution in [-0.2, 0) is 25.9 Å². The highest BCUT2D eigenvalue weighted by Gasteiger charge is 2.29. The minimum Gasteiger partial charge on any atom is -0.491 e. The van der Waals surface area contributed by atoms with Gasteiger partial charge in [0.2, 0.25) is 10.0 Å². The second-order valence-electron chi connectivity index (χ2n) is 9.03. The van der Waals surface area contributed by atoms with E-state index < -0.39 is 10.0 Å². The molecule has 0 saturated carbocycles. The summed E-state index contributed by atoms with van der Waals surface area (Å²) >= 11 is 0. The van der Waals surface area contributed by atoms with Crippen molar-refractivity contribution < 1.29 is 17.9 Å². The van der Waals surface area contributed by atoms with Gasteiger partial charge in [-0.1, -0.05) is 63.2 Å². The van der Waals surface area contributed by atoms with E-state index in [2.05, 4.69) is 20.8 Å². The minimum atomic E-state index is -3.72. The summed E-state index contributed by atoms with van der Waals surface area (Å²) in [4.78, 5) is 0. The summed E-state index contributed by atoms with van der Waals surface area (Å²) in [7, 11) is -3.72. The van der Waals surface area contributed by atoms with Gasteiger partial charge in [-0.15, -0.1) is 0 Å². The molecule has 0 aliphatic carbocycles. The van der Waals surface area contributed by atoms with E-state index in [-0.39, 0.29) is 17.3 Å². The van der Waals surface area contributed by atoms with Crippen LogP contribution in [-0.4, -0.2) is 27.7 Å². The molecule has 1 saturated heterocycles. The highest BCUT2D eigenvalue weighted by atomic mass is 32.2. The maximum absolute atomic E-state index is 13.8. The van der Waals surface area contributed by atoms with Crippen molar-refractivity contribution in [2.75, 3.05) is 17.5 Å². The Morgan fingerprint density at radius 2 is 1.50 bits per heavy atom. The lowest BCUT2D eigenvalue weighted by Crippen LogP contribution is -2.28. The summed E-state index contributed by atoms with van der Waals surface area (Å²) in [6.07, 6.45) is 0.165. The van der Waals surface area contributed by atoms with Crippen molar-refractivity contribution >= 4 is 21.4 Å². The van der Waals surface area contributed by atoms with Gasteiger partial charge in [-0.2, -0.15) is 0 Å². The maximum Gasteiger partial charge on any atom is 0.243 e. The summed E-state index contributed by atoms with van der Waals surface area (Å²) in [6, 6.07) is 24.1. The SMILES string of the molecule is CC(C)(C)c1cc(OCC2CO2)ccc1CS(=O)(=O)N(c1ccccc1)c1ccccc1. The van der Waals surface area contributed by atoms with E-state index in [0.29, 0.717) is 18.0 Å². The average molecular weight is 452 g/mol. The fraction of sp³-hybridized carbons (Fsp3) is 0.308. The van der Waals surface area contributed by atoms with E-state index in [1.807, 2.05) is 78.9 Å². The third kappa shape index (κ3) is 5.31. The zero-order chi connectivity index (χ0) is 22.8. The molecule has 3 aromatic carbocycles. The van der Waals surface area contributed by atoms with Crippen LogP contribution in [0.1, 0.15) is 31.9 Å². The van der Waals surface area contributed by atoms with Crippen LogP contribution in [0.3, 0.4) is 0 Å². The van der Waals surface area contributed by atoms with Crippen LogP contribution in [0.4, 0.5) is 11.4 Å². The second-order valence-corrected chi connectivity index (χ2v) is 10.8. The van der Waals surface area contributed by atoms with Gasteiger partial charge in [-0.3, -0.25) is 0 Å². The van der Waals surface area contributed by atoms with E-state index in [1.165, 1.54) is 4.31 Å². The summed E-state index contributed by atoms with van der Waals surface area (Å²) < 4.78 is 40.0. The highest BCUT2D eigenvalue weighted by molar-refractivity contribution is 7.92. The third-order valence-electron chi connectivity index (χ3n) is 5.33. The monoisotopic (exact) mass is 451 g/mol. The molecule has 5 nitrogen and oxygen atoms in total. The first-order valence-corrected chi connectivity index (χ1v) is 12.4. The predicted molar refractivity (Wildman–Crippen MR) is 128 cm³/mol. The second kappa shape index (κ2) is 8.96. The average Bonchev–Trinajstić information content (AvgIpc) is 3.58. The maximum atomic E-state index is 13.8. The Hall–Kier alpha value is -2.83. The molecule has 0 bridgehead atoms. The number of hydrogen-bond donors (Lipinski definition) is 0. The molecule has 0 amide bonds. The molecular formula is C26H29NO4S.